The van der Waals surface area contributed by atoms with Crippen LogP contribution in [0.5, 0.6) is 5.75 Å². The highest BCUT2D eigenvalue weighted by molar-refractivity contribution is 5.99. The molecule has 0 bridgehead atoms. The molecular weight excluding hydrogens is 318 g/mol. The molecule has 2 aromatic heterocycles. The molecule has 0 radical (unpaired) electrons. The Labute approximate surface area is 143 Å². The molecule has 2 aromatic carbocycles. The number of carbonyl (C=O) groups is 1. The van der Waals surface area contributed by atoms with Gasteiger partial charge in [-0.25, -0.2) is 4.98 Å². The third kappa shape index (κ3) is 2.71. The van der Waals surface area contributed by atoms with Gasteiger partial charge in [0.15, 0.2) is 5.76 Å². The number of methoxy groups -OCH3 is 1. The molecule has 0 saturated heterocycles. The third-order valence-electron chi connectivity index (χ3n) is 4.20. The second kappa shape index (κ2) is 5.98. The molecule has 2 N–H and O–H groups in total. The van der Waals surface area contributed by atoms with Crippen LogP contribution in [-0.2, 0) is 6.54 Å². The Morgan fingerprint density at radius 2 is 2.12 bits per heavy atom. The fraction of sp³-hybridized carbons (Fsp3) is 0.158. The van der Waals surface area contributed by atoms with Crippen molar-refractivity contribution >= 4 is 27.9 Å². The summed E-state index contributed by atoms with van der Waals surface area (Å²) in [6.07, 6.45) is 0. The summed E-state index contributed by atoms with van der Waals surface area (Å²) in [4.78, 5) is 20.1. The zero-order chi connectivity index (χ0) is 17.4. The summed E-state index contributed by atoms with van der Waals surface area (Å²) in [6, 6.07) is 13.2. The number of H-pyrrole nitrogens is 1. The van der Waals surface area contributed by atoms with Gasteiger partial charge in [0, 0.05) is 10.9 Å². The van der Waals surface area contributed by atoms with Crippen LogP contribution in [0.25, 0.3) is 22.0 Å². The topological polar surface area (TPSA) is 80.2 Å². The highest BCUT2D eigenvalue weighted by Gasteiger charge is 2.18. The molecule has 126 valence electrons. The van der Waals surface area contributed by atoms with Crippen LogP contribution >= 0.6 is 0 Å². The van der Waals surface area contributed by atoms with E-state index in [2.05, 4.69) is 15.3 Å². The number of hydrogen-bond donors (Lipinski definition) is 2. The third-order valence-corrected chi connectivity index (χ3v) is 4.20. The van der Waals surface area contributed by atoms with E-state index in [1.165, 1.54) is 0 Å². The first-order chi connectivity index (χ1) is 12.2. The lowest BCUT2D eigenvalue weighted by Crippen LogP contribution is -2.23. The van der Waals surface area contributed by atoms with Gasteiger partial charge < -0.3 is 19.5 Å². The van der Waals surface area contributed by atoms with Gasteiger partial charge in [0.25, 0.3) is 5.91 Å². The molecule has 2 heterocycles. The Bertz CT molecular complexity index is 1050. The number of nitrogens with one attached hydrogen (secondary N) is 2. The Balaban J connectivity index is 1.56. The van der Waals surface area contributed by atoms with E-state index in [0.717, 1.165) is 27.7 Å². The van der Waals surface area contributed by atoms with E-state index in [1.54, 1.807) is 19.2 Å². The van der Waals surface area contributed by atoms with Crippen molar-refractivity contribution in [3.05, 3.63) is 59.6 Å². The Hall–Kier alpha value is -3.28. The number of ether oxygens (including phenoxy) is 1. The number of hydrogen-bond acceptors (Lipinski definition) is 4. The maximum Gasteiger partial charge on any atom is 0.287 e. The SMILES string of the molecule is COc1ccc2oc(C(=O)NCc3nc4ccccc4[nH]3)c(C)c2c1. The van der Waals surface area contributed by atoms with Gasteiger partial charge in [0.05, 0.1) is 24.7 Å². The van der Waals surface area contributed by atoms with Crippen molar-refractivity contribution in [3.8, 4) is 5.75 Å². The van der Waals surface area contributed by atoms with Crippen molar-refractivity contribution < 1.29 is 13.9 Å². The number of aryl methyl sites for hydroxylation is 1. The van der Waals surface area contributed by atoms with Gasteiger partial charge in [-0.15, -0.1) is 0 Å². The number of benzene rings is 2. The van der Waals surface area contributed by atoms with Crippen molar-refractivity contribution in [2.75, 3.05) is 7.11 Å². The van der Waals surface area contributed by atoms with Crippen LogP contribution in [0.4, 0.5) is 0 Å². The fourth-order valence-corrected chi connectivity index (χ4v) is 2.88. The number of para-hydroxylation sites is 2. The van der Waals surface area contributed by atoms with E-state index in [9.17, 15) is 4.79 Å². The van der Waals surface area contributed by atoms with Crippen LogP contribution in [0.15, 0.2) is 46.9 Å². The van der Waals surface area contributed by atoms with Crippen molar-refractivity contribution in [2.45, 2.75) is 13.5 Å². The van der Waals surface area contributed by atoms with Gasteiger partial charge >= 0.3 is 0 Å². The Kier molecular flexibility index (Phi) is 3.65. The molecule has 0 spiro atoms. The van der Waals surface area contributed by atoms with Crippen molar-refractivity contribution in [2.24, 2.45) is 0 Å². The summed E-state index contributed by atoms with van der Waals surface area (Å²) in [7, 11) is 1.61. The van der Waals surface area contributed by atoms with Gasteiger partial charge in [0.2, 0.25) is 0 Å². The van der Waals surface area contributed by atoms with Gasteiger partial charge in [-0.05, 0) is 37.3 Å². The Morgan fingerprint density at radius 3 is 2.92 bits per heavy atom. The number of aromatic amines is 1. The van der Waals surface area contributed by atoms with Crippen LogP contribution in [0.1, 0.15) is 21.9 Å². The zero-order valence-corrected chi connectivity index (χ0v) is 13.9. The highest BCUT2D eigenvalue weighted by atomic mass is 16.5. The zero-order valence-electron chi connectivity index (χ0n) is 13.9. The molecule has 0 saturated carbocycles. The minimum atomic E-state index is -0.270. The molecule has 6 heteroatoms. The summed E-state index contributed by atoms with van der Waals surface area (Å²) in [5.74, 6) is 1.46. The molecule has 1 amide bonds. The smallest absolute Gasteiger partial charge is 0.287 e. The molecule has 6 nitrogen and oxygen atoms in total. The summed E-state index contributed by atoms with van der Waals surface area (Å²) < 4.78 is 10.9. The summed E-state index contributed by atoms with van der Waals surface area (Å²) >= 11 is 0. The normalized spacial score (nSPS) is 11.1. The van der Waals surface area contributed by atoms with Crippen LogP contribution in [0.3, 0.4) is 0 Å². The van der Waals surface area contributed by atoms with Gasteiger partial charge in [-0.2, -0.15) is 0 Å². The quantitative estimate of drug-likeness (QED) is 0.597. The summed E-state index contributed by atoms with van der Waals surface area (Å²) in [5.41, 5.74) is 3.26. The van der Waals surface area contributed by atoms with Gasteiger partial charge in [0.1, 0.15) is 17.2 Å². The maximum absolute atomic E-state index is 12.5. The van der Waals surface area contributed by atoms with E-state index in [4.69, 9.17) is 9.15 Å². The number of amides is 1. The monoisotopic (exact) mass is 335 g/mol. The van der Waals surface area contributed by atoms with Crippen LogP contribution in [-0.4, -0.2) is 23.0 Å². The molecule has 0 fully saturated rings. The highest BCUT2D eigenvalue weighted by Crippen LogP contribution is 2.28. The molecule has 25 heavy (non-hydrogen) atoms. The van der Waals surface area contributed by atoms with Crippen molar-refractivity contribution in [1.29, 1.82) is 0 Å². The number of rotatable bonds is 4. The second-order valence-corrected chi connectivity index (χ2v) is 5.80. The first-order valence-corrected chi connectivity index (χ1v) is 7.94. The van der Waals surface area contributed by atoms with E-state index >= 15 is 0 Å². The van der Waals surface area contributed by atoms with Crippen molar-refractivity contribution in [3.63, 3.8) is 0 Å². The molecule has 4 aromatic rings. The second-order valence-electron chi connectivity index (χ2n) is 5.80. The van der Waals surface area contributed by atoms with E-state index in [-0.39, 0.29) is 5.91 Å². The molecule has 0 aliphatic heterocycles. The average Bonchev–Trinajstić information content (AvgIpc) is 3.20. The number of furan rings is 1. The number of aromatic nitrogens is 2. The van der Waals surface area contributed by atoms with E-state index in [0.29, 0.717) is 23.7 Å². The lowest BCUT2D eigenvalue weighted by Gasteiger charge is -2.01. The van der Waals surface area contributed by atoms with Crippen LogP contribution in [0, 0.1) is 6.92 Å². The van der Waals surface area contributed by atoms with E-state index in [1.807, 2.05) is 37.3 Å². The minimum Gasteiger partial charge on any atom is -0.497 e. The summed E-state index contributed by atoms with van der Waals surface area (Å²) in [5, 5.41) is 3.72. The predicted octanol–water partition coefficient (Wildman–Crippen LogP) is 3.56. The number of nitrogens with zero attached hydrogens (tertiary/aromatic N) is 1. The average molecular weight is 335 g/mol. The first-order valence-electron chi connectivity index (χ1n) is 7.94. The lowest BCUT2D eigenvalue weighted by molar-refractivity contribution is 0.0923. The minimum absolute atomic E-state index is 0.270. The standard InChI is InChI=1S/C19H17N3O3/c1-11-13-9-12(24-2)7-8-16(13)25-18(11)19(23)20-10-17-21-14-5-3-4-6-15(14)22-17/h3-9H,10H2,1-2H3,(H,20,23)(H,21,22). The largest absolute Gasteiger partial charge is 0.497 e. The molecule has 0 aliphatic carbocycles. The van der Waals surface area contributed by atoms with Gasteiger partial charge in [-0.3, -0.25) is 4.79 Å². The van der Waals surface area contributed by atoms with Crippen LogP contribution in [0.2, 0.25) is 0 Å². The maximum atomic E-state index is 12.5. The molecule has 0 aliphatic rings. The molecule has 4 rings (SSSR count). The molecular formula is C19H17N3O3. The lowest BCUT2D eigenvalue weighted by atomic mass is 10.1. The predicted molar refractivity (Wildman–Crippen MR) is 94.8 cm³/mol. The molecule has 0 atom stereocenters. The number of imidazole rings is 1. The van der Waals surface area contributed by atoms with Crippen LogP contribution < -0.4 is 10.1 Å². The van der Waals surface area contributed by atoms with E-state index < -0.39 is 0 Å². The van der Waals surface area contributed by atoms with Gasteiger partial charge in [-0.1, -0.05) is 12.1 Å². The first kappa shape index (κ1) is 15.3. The van der Waals surface area contributed by atoms with Crippen molar-refractivity contribution in [1.82, 2.24) is 15.3 Å². The molecule has 0 unspecified atom stereocenters. The fourth-order valence-electron chi connectivity index (χ4n) is 2.88. The summed E-state index contributed by atoms with van der Waals surface area (Å²) in [6.45, 7) is 2.16. The number of carbonyl (C=O) groups excluding carboxylic acids is 1. The Morgan fingerprint density at radius 1 is 1.28 bits per heavy atom. The number of fused-ring (bicyclic) bond motifs is 2.